The molecule has 0 saturated carbocycles. The van der Waals surface area contributed by atoms with Gasteiger partial charge in [-0.25, -0.2) is 0 Å². The number of ether oxygens (including phenoxy) is 3. The van der Waals surface area contributed by atoms with Crippen molar-refractivity contribution in [3.05, 3.63) is 0 Å². The first-order valence-electron chi connectivity index (χ1n) is 12.4. The molecule has 4 unspecified atom stereocenters. The number of hydrogen-bond donors (Lipinski definition) is 1. The maximum absolute atomic E-state index is 12.6. The molecule has 0 aliphatic carbocycles. The van der Waals surface area contributed by atoms with E-state index in [1.54, 1.807) is 6.92 Å². The topological polar surface area (TPSA) is 82.1 Å². The van der Waals surface area contributed by atoms with Crippen molar-refractivity contribution < 1.29 is 28.9 Å². The normalized spacial score (nSPS) is 15.5. The van der Waals surface area contributed by atoms with E-state index in [9.17, 15) is 14.7 Å². The molecule has 0 aromatic heterocycles. The van der Waals surface area contributed by atoms with Crippen LogP contribution in [0.4, 0.5) is 0 Å². The quantitative estimate of drug-likeness (QED) is 0.284. The predicted molar refractivity (Wildman–Crippen MR) is 124 cm³/mol. The van der Waals surface area contributed by atoms with Crippen LogP contribution in [0.2, 0.25) is 0 Å². The molecular weight excluding hydrogens is 396 g/mol. The van der Waals surface area contributed by atoms with E-state index in [4.69, 9.17) is 14.2 Å². The minimum absolute atomic E-state index is 0.0437. The van der Waals surface area contributed by atoms with Gasteiger partial charge < -0.3 is 19.3 Å². The first-order valence-corrected chi connectivity index (χ1v) is 12.4. The second-order valence-electron chi connectivity index (χ2n) is 8.89. The SMILES string of the molecule is CCCC(CCC)C(=O)OCC(C)OC(C)CC(OC(=O)C(CCC)CCC)C(C)O. The molecule has 0 aliphatic heterocycles. The average molecular weight is 445 g/mol. The van der Waals surface area contributed by atoms with Crippen LogP contribution in [0.25, 0.3) is 0 Å². The molecule has 0 rings (SSSR count). The fourth-order valence-corrected chi connectivity index (χ4v) is 3.88. The van der Waals surface area contributed by atoms with E-state index < -0.39 is 12.2 Å². The Bertz CT molecular complexity index is 467. The van der Waals surface area contributed by atoms with Crippen molar-refractivity contribution in [3.63, 3.8) is 0 Å². The summed E-state index contributed by atoms with van der Waals surface area (Å²) in [6.07, 6.45) is 5.50. The molecule has 0 radical (unpaired) electrons. The summed E-state index contributed by atoms with van der Waals surface area (Å²) in [6, 6.07) is 0. The van der Waals surface area contributed by atoms with Crippen molar-refractivity contribution in [1.29, 1.82) is 0 Å². The summed E-state index contributed by atoms with van der Waals surface area (Å²) in [5.74, 6) is -0.551. The molecule has 0 saturated heterocycles. The predicted octanol–water partition coefficient (Wildman–Crippen LogP) is 5.44. The Morgan fingerprint density at radius 3 is 1.61 bits per heavy atom. The van der Waals surface area contributed by atoms with Crippen LogP contribution in [0.5, 0.6) is 0 Å². The Morgan fingerprint density at radius 1 is 0.742 bits per heavy atom. The van der Waals surface area contributed by atoms with Crippen LogP contribution in [0.15, 0.2) is 0 Å². The van der Waals surface area contributed by atoms with Crippen LogP contribution in [-0.2, 0) is 23.8 Å². The van der Waals surface area contributed by atoms with Gasteiger partial charge in [-0.1, -0.05) is 53.4 Å². The molecule has 0 bridgehead atoms. The molecule has 0 aromatic carbocycles. The first kappa shape index (κ1) is 29.9. The van der Waals surface area contributed by atoms with Crippen molar-refractivity contribution in [2.75, 3.05) is 6.61 Å². The van der Waals surface area contributed by atoms with E-state index in [-0.39, 0.29) is 42.6 Å². The molecule has 1 N–H and O–H groups in total. The lowest BCUT2D eigenvalue weighted by Crippen LogP contribution is -2.36. The van der Waals surface area contributed by atoms with Gasteiger partial charge in [0, 0.05) is 6.42 Å². The molecule has 0 spiro atoms. The Kier molecular flexibility index (Phi) is 16.8. The molecule has 0 aromatic rings. The summed E-state index contributed by atoms with van der Waals surface area (Å²) in [5, 5.41) is 10.1. The number of carbonyl (C=O) groups excluding carboxylic acids is 2. The van der Waals surface area contributed by atoms with Crippen LogP contribution in [-0.4, -0.2) is 48.1 Å². The largest absolute Gasteiger partial charge is 0.463 e. The molecule has 31 heavy (non-hydrogen) atoms. The third kappa shape index (κ3) is 13.1. The van der Waals surface area contributed by atoms with Crippen LogP contribution < -0.4 is 0 Å². The van der Waals surface area contributed by atoms with Gasteiger partial charge in [0.05, 0.1) is 30.1 Å². The van der Waals surface area contributed by atoms with E-state index in [1.807, 2.05) is 13.8 Å². The molecule has 6 nitrogen and oxygen atoms in total. The van der Waals surface area contributed by atoms with Crippen molar-refractivity contribution in [2.45, 2.75) is 131 Å². The number of aliphatic hydroxyl groups excluding tert-OH is 1. The summed E-state index contributed by atoms with van der Waals surface area (Å²) < 4.78 is 17.1. The maximum Gasteiger partial charge on any atom is 0.309 e. The molecule has 0 heterocycles. The second kappa shape index (κ2) is 17.4. The lowest BCUT2D eigenvalue weighted by Gasteiger charge is -2.27. The van der Waals surface area contributed by atoms with E-state index in [2.05, 4.69) is 27.7 Å². The maximum atomic E-state index is 12.6. The monoisotopic (exact) mass is 444 g/mol. The van der Waals surface area contributed by atoms with E-state index in [1.165, 1.54) is 0 Å². The van der Waals surface area contributed by atoms with E-state index in [0.29, 0.717) is 6.42 Å². The zero-order chi connectivity index (χ0) is 23.8. The minimum atomic E-state index is -0.782. The molecule has 4 atom stereocenters. The average Bonchev–Trinajstić information content (AvgIpc) is 2.70. The van der Waals surface area contributed by atoms with Crippen molar-refractivity contribution in [1.82, 2.24) is 0 Å². The lowest BCUT2D eigenvalue weighted by atomic mass is 9.98. The van der Waals surface area contributed by atoms with Crippen molar-refractivity contribution >= 4 is 11.9 Å². The van der Waals surface area contributed by atoms with Gasteiger partial charge in [-0.2, -0.15) is 0 Å². The highest BCUT2D eigenvalue weighted by molar-refractivity contribution is 5.72. The van der Waals surface area contributed by atoms with Gasteiger partial charge in [-0.05, 0) is 46.5 Å². The van der Waals surface area contributed by atoms with Crippen molar-refractivity contribution in [2.24, 2.45) is 11.8 Å². The number of rotatable bonds is 18. The zero-order valence-electron chi connectivity index (χ0n) is 21.0. The molecule has 0 amide bonds. The van der Waals surface area contributed by atoms with E-state index in [0.717, 1.165) is 51.4 Å². The highest BCUT2D eigenvalue weighted by atomic mass is 16.6. The van der Waals surface area contributed by atoms with E-state index >= 15 is 0 Å². The highest BCUT2D eigenvalue weighted by Gasteiger charge is 2.27. The van der Waals surface area contributed by atoms with Gasteiger partial charge in [0.1, 0.15) is 12.7 Å². The minimum Gasteiger partial charge on any atom is -0.463 e. The van der Waals surface area contributed by atoms with Crippen LogP contribution in [0.3, 0.4) is 0 Å². The Morgan fingerprint density at radius 2 is 1.19 bits per heavy atom. The molecular formula is C25H48O6. The van der Waals surface area contributed by atoms with Crippen LogP contribution >= 0.6 is 0 Å². The summed E-state index contributed by atoms with van der Waals surface area (Å²) in [7, 11) is 0. The summed E-state index contributed by atoms with van der Waals surface area (Å²) in [5.41, 5.74) is 0. The summed E-state index contributed by atoms with van der Waals surface area (Å²) in [4.78, 5) is 24.9. The smallest absolute Gasteiger partial charge is 0.309 e. The Balaban J connectivity index is 4.63. The molecule has 0 fully saturated rings. The third-order valence-electron chi connectivity index (χ3n) is 5.51. The first-order chi connectivity index (χ1) is 14.7. The standard InChI is InChI=1S/C25H48O6/c1-8-12-21(13-9-2)24(27)29-17-19(6)30-18(5)16-23(20(7)26)31-25(28)22(14-10-3)15-11-4/h18-23,26H,8-17H2,1-7H3. The van der Waals surface area contributed by atoms with Crippen LogP contribution in [0, 0.1) is 11.8 Å². The fraction of sp³-hybridized carbons (Fsp3) is 0.920. The number of hydrogen-bond acceptors (Lipinski definition) is 6. The number of esters is 2. The Labute approximate surface area is 190 Å². The van der Waals surface area contributed by atoms with Gasteiger partial charge >= 0.3 is 11.9 Å². The zero-order valence-corrected chi connectivity index (χ0v) is 21.0. The third-order valence-corrected chi connectivity index (χ3v) is 5.51. The summed E-state index contributed by atoms with van der Waals surface area (Å²) >= 11 is 0. The second-order valence-corrected chi connectivity index (χ2v) is 8.89. The van der Waals surface area contributed by atoms with Crippen LogP contribution in [0.1, 0.15) is 106 Å². The highest BCUT2D eigenvalue weighted by Crippen LogP contribution is 2.20. The Hall–Kier alpha value is -1.14. The van der Waals surface area contributed by atoms with Crippen molar-refractivity contribution in [3.8, 4) is 0 Å². The van der Waals surface area contributed by atoms with Gasteiger partial charge in [-0.3, -0.25) is 9.59 Å². The summed E-state index contributed by atoms with van der Waals surface area (Å²) in [6.45, 7) is 13.8. The lowest BCUT2D eigenvalue weighted by molar-refractivity contribution is -0.165. The van der Waals surface area contributed by atoms with Gasteiger partial charge in [0.25, 0.3) is 0 Å². The molecule has 184 valence electrons. The van der Waals surface area contributed by atoms with Gasteiger partial charge in [-0.15, -0.1) is 0 Å². The molecule has 6 heteroatoms. The number of aliphatic hydroxyl groups is 1. The van der Waals surface area contributed by atoms with Gasteiger partial charge in [0.2, 0.25) is 0 Å². The van der Waals surface area contributed by atoms with Gasteiger partial charge in [0.15, 0.2) is 0 Å². The number of carbonyl (C=O) groups is 2. The molecule has 0 aliphatic rings. The fourth-order valence-electron chi connectivity index (χ4n) is 3.88.